The van der Waals surface area contributed by atoms with Crippen LogP contribution in [-0.4, -0.2) is 47.9 Å². The molecule has 0 unspecified atom stereocenters. The smallest absolute Gasteiger partial charge is 0.246 e. The van der Waals surface area contributed by atoms with Crippen LogP contribution in [0.15, 0.2) is 137 Å². The lowest BCUT2D eigenvalue weighted by Crippen LogP contribution is -2.54. The monoisotopic (exact) mass is 831 g/mol. The van der Waals surface area contributed by atoms with Crippen molar-refractivity contribution in [1.82, 2.24) is 4.98 Å². The standard InChI is InChI=1S/C49H38ClN3O8/c1-59-40-23-27(24-41(60-2)43(40)54)15-22-36-33-20-21-34-42(47(57)52(45(34)55)31-18-16-28(17-19-31)44-51-38-13-6-7-14-39(38)61-44)35(33)26-37-46(56)53(32-12-8-11-30(50)25-32)48(58)49(36,37)29-9-4-3-5-10-29/h3-20,22-25,34-37,42,54H,21,26H2,1-2H3/t34-,35+,36-,37-,42-,49-/m0/s1. The maximum absolute atomic E-state index is 15.5. The zero-order chi connectivity index (χ0) is 42.2. The number of carbonyl (C=O) groups excluding carboxylic acids is 4. The Hall–Kier alpha value is -6.98. The summed E-state index contributed by atoms with van der Waals surface area (Å²) < 4.78 is 16.9. The van der Waals surface area contributed by atoms with E-state index in [9.17, 15) is 14.7 Å². The van der Waals surface area contributed by atoms with E-state index in [-0.39, 0.29) is 41.9 Å². The van der Waals surface area contributed by atoms with Crippen LogP contribution in [0.25, 0.3) is 28.6 Å². The Morgan fingerprint density at radius 3 is 2.21 bits per heavy atom. The predicted octanol–water partition coefficient (Wildman–Crippen LogP) is 8.78. The van der Waals surface area contributed by atoms with Gasteiger partial charge in [-0.05, 0) is 96.6 Å². The second kappa shape index (κ2) is 14.6. The summed E-state index contributed by atoms with van der Waals surface area (Å²) in [6.07, 6.45) is 6.14. The zero-order valence-corrected chi connectivity index (χ0v) is 33.8. The molecule has 4 amide bonds. The lowest BCUT2D eigenvalue weighted by atomic mass is 9.50. The van der Waals surface area contributed by atoms with Crippen LogP contribution in [0.3, 0.4) is 0 Å². The number of para-hydroxylation sites is 2. The van der Waals surface area contributed by atoms with E-state index >= 15 is 9.59 Å². The summed E-state index contributed by atoms with van der Waals surface area (Å²) in [5.74, 6) is -4.55. The lowest BCUT2D eigenvalue weighted by Gasteiger charge is -2.49. The van der Waals surface area contributed by atoms with Crippen LogP contribution < -0.4 is 19.3 Å². The van der Waals surface area contributed by atoms with Crippen molar-refractivity contribution < 1.29 is 38.2 Å². The number of aromatic hydroxyl groups is 1. The molecule has 5 aromatic carbocycles. The number of anilines is 2. The van der Waals surface area contributed by atoms with Crippen molar-refractivity contribution in [3.05, 3.63) is 149 Å². The minimum absolute atomic E-state index is 0.151. The molecular formula is C49H38ClN3O8. The number of hydrogen-bond donors (Lipinski definition) is 1. The molecule has 3 fully saturated rings. The van der Waals surface area contributed by atoms with Gasteiger partial charge in [0.1, 0.15) is 5.52 Å². The summed E-state index contributed by atoms with van der Waals surface area (Å²) in [5.41, 5.74) is 3.44. The molecule has 1 saturated carbocycles. The van der Waals surface area contributed by atoms with Gasteiger partial charge in [0, 0.05) is 16.5 Å². The number of fused-ring (bicyclic) bond motifs is 5. The van der Waals surface area contributed by atoms with Gasteiger partial charge in [0.2, 0.25) is 35.3 Å². The fraction of sp³-hybridized carbons (Fsp3) is 0.204. The van der Waals surface area contributed by atoms with E-state index in [1.807, 2.05) is 72.8 Å². The molecule has 6 atom stereocenters. The van der Waals surface area contributed by atoms with Gasteiger partial charge in [-0.1, -0.05) is 83.9 Å². The largest absolute Gasteiger partial charge is 0.502 e. The number of phenols is 1. The number of amides is 4. The molecule has 3 heterocycles. The molecule has 2 aliphatic carbocycles. The summed E-state index contributed by atoms with van der Waals surface area (Å²) in [5, 5.41) is 11.1. The normalized spacial score (nSPS) is 24.6. The summed E-state index contributed by atoms with van der Waals surface area (Å²) in [6, 6.07) is 33.7. The van der Waals surface area contributed by atoms with E-state index in [4.69, 9.17) is 25.5 Å². The average Bonchev–Trinajstić information content (AvgIpc) is 3.90. The van der Waals surface area contributed by atoms with Crippen LogP contribution in [0.1, 0.15) is 24.0 Å². The third-order valence-corrected chi connectivity index (χ3v) is 13.1. The van der Waals surface area contributed by atoms with Crippen molar-refractivity contribution in [2.45, 2.75) is 18.3 Å². The molecule has 11 nitrogen and oxygen atoms in total. The van der Waals surface area contributed by atoms with E-state index < -0.39 is 46.8 Å². The first-order valence-corrected chi connectivity index (χ1v) is 20.4. The van der Waals surface area contributed by atoms with Crippen LogP contribution in [0, 0.1) is 29.6 Å². The number of carbonyl (C=O) groups is 4. The number of ether oxygens (including phenoxy) is 2. The Morgan fingerprint density at radius 2 is 1.51 bits per heavy atom. The SMILES string of the molecule is COc1cc(C=C[C@H]2C3=CC[C@@H]4C(=O)N(c5ccc(-c6nc7ccccc7o6)cc5)C(=O)[C@@H]4[C@@H]3C[C@H]3C(=O)N(c4cccc(Cl)c4)C(=O)[C@@]23c2ccccc2)cc(OC)c1O. The number of methoxy groups -OCH3 is 2. The maximum Gasteiger partial charge on any atom is 0.246 e. The topological polar surface area (TPSA) is 139 Å². The first-order chi connectivity index (χ1) is 29.6. The van der Waals surface area contributed by atoms with Crippen LogP contribution in [0.5, 0.6) is 17.2 Å². The van der Waals surface area contributed by atoms with Gasteiger partial charge in [-0.25, -0.2) is 9.88 Å². The summed E-state index contributed by atoms with van der Waals surface area (Å²) in [4.78, 5) is 66.8. The van der Waals surface area contributed by atoms with Crippen molar-refractivity contribution in [1.29, 1.82) is 0 Å². The summed E-state index contributed by atoms with van der Waals surface area (Å²) >= 11 is 6.45. The fourth-order valence-corrected chi connectivity index (χ4v) is 10.4. The molecule has 0 radical (unpaired) electrons. The van der Waals surface area contributed by atoms with Gasteiger partial charge < -0.3 is 19.0 Å². The highest BCUT2D eigenvalue weighted by Crippen LogP contribution is 2.62. The quantitative estimate of drug-likeness (QED) is 0.118. The second-order valence-electron chi connectivity index (χ2n) is 15.8. The van der Waals surface area contributed by atoms with Gasteiger partial charge >= 0.3 is 0 Å². The molecular weight excluding hydrogens is 794 g/mol. The van der Waals surface area contributed by atoms with E-state index in [0.717, 1.165) is 11.1 Å². The van der Waals surface area contributed by atoms with Gasteiger partial charge in [0.15, 0.2) is 17.1 Å². The number of aromatic nitrogens is 1. The third kappa shape index (κ3) is 5.82. The first-order valence-electron chi connectivity index (χ1n) is 20.0. The molecule has 1 N–H and O–H groups in total. The highest BCUT2D eigenvalue weighted by molar-refractivity contribution is 6.32. The minimum Gasteiger partial charge on any atom is -0.502 e. The van der Waals surface area contributed by atoms with E-state index in [2.05, 4.69) is 4.98 Å². The van der Waals surface area contributed by atoms with Crippen LogP contribution in [-0.2, 0) is 24.6 Å². The number of allylic oxidation sites excluding steroid dienone is 3. The van der Waals surface area contributed by atoms with Gasteiger partial charge in [0.25, 0.3) is 0 Å². The number of hydrogen-bond acceptors (Lipinski definition) is 9. The number of nitrogens with zero attached hydrogens (tertiary/aromatic N) is 3. The molecule has 12 heteroatoms. The maximum atomic E-state index is 15.5. The van der Waals surface area contributed by atoms with Gasteiger partial charge in [-0.3, -0.25) is 24.1 Å². The predicted molar refractivity (Wildman–Crippen MR) is 229 cm³/mol. The zero-order valence-electron chi connectivity index (χ0n) is 33.0. The molecule has 6 aromatic rings. The fourth-order valence-electron chi connectivity index (χ4n) is 10.2. The Morgan fingerprint density at radius 1 is 0.787 bits per heavy atom. The van der Waals surface area contributed by atoms with Crippen molar-refractivity contribution in [2.24, 2.45) is 29.6 Å². The molecule has 10 rings (SSSR count). The van der Waals surface area contributed by atoms with Crippen molar-refractivity contribution >= 4 is 63.8 Å². The molecule has 0 spiro atoms. The third-order valence-electron chi connectivity index (χ3n) is 12.9. The highest BCUT2D eigenvalue weighted by atomic mass is 35.5. The molecule has 61 heavy (non-hydrogen) atoms. The molecule has 1 aromatic heterocycles. The van der Waals surface area contributed by atoms with Crippen molar-refractivity contribution in [2.75, 3.05) is 24.0 Å². The van der Waals surface area contributed by atoms with E-state index in [1.54, 1.807) is 60.7 Å². The van der Waals surface area contributed by atoms with Gasteiger partial charge in [0.05, 0.1) is 48.8 Å². The molecule has 2 saturated heterocycles. The average molecular weight is 832 g/mol. The van der Waals surface area contributed by atoms with E-state index in [0.29, 0.717) is 44.6 Å². The van der Waals surface area contributed by atoms with Crippen LogP contribution in [0.4, 0.5) is 11.4 Å². The number of rotatable bonds is 8. The number of oxazole rings is 1. The summed E-state index contributed by atoms with van der Waals surface area (Å²) in [7, 11) is 2.88. The van der Waals surface area contributed by atoms with Crippen LogP contribution >= 0.6 is 11.6 Å². The van der Waals surface area contributed by atoms with Crippen LogP contribution in [0.2, 0.25) is 5.02 Å². The minimum atomic E-state index is -1.44. The summed E-state index contributed by atoms with van der Waals surface area (Å²) in [6.45, 7) is 0. The van der Waals surface area contributed by atoms with Gasteiger partial charge in [-0.2, -0.15) is 0 Å². The molecule has 4 aliphatic rings. The second-order valence-corrected chi connectivity index (χ2v) is 16.3. The Balaban J connectivity index is 1.09. The number of phenolic OH excluding ortho intramolecular Hbond substituents is 1. The Kier molecular flexibility index (Phi) is 9.17. The van der Waals surface area contributed by atoms with Crippen molar-refractivity contribution in [3.63, 3.8) is 0 Å². The number of imide groups is 2. The van der Waals surface area contributed by atoms with Gasteiger partial charge in [-0.15, -0.1) is 0 Å². The number of benzene rings is 5. The lowest BCUT2D eigenvalue weighted by molar-refractivity contribution is -0.128. The molecule has 304 valence electrons. The van der Waals surface area contributed by atoms with E-state index in [1.165, 1.54) is 24.0 Å². The Labute approximate surface area is 355 Å². The Bertz CT molecular complexity index is 2790. The molecule has 2 aliphatic heterocycles. The highest BCUT2D eigenvalue weighted by Gasteiger charge is 2.69. The van der Waals surface area contributed by atoms with Crippen molar-refractivity contribution in [3.8, 4) is 28.7 Å². The first kappa shape index (κ1) is 38.2. The number of halogens is 1. The molecule has 0 bridgehead atoms.